The number of phenolic OH excluding ortho intramolecular Hbond substituents is 1. The molecule has 1 aliphatic rings. The highest BCUT2D eigenvalue weighted by molar-refractivity contribution is 7.89. The molecule has 0 aliphatic carbocycles. The molecule has 0 atom stereocenters. The second-order valence-corrected chi connectivity index (χ2v) is 8.78. The number of phenols is 1. The molecule has 28 heavy (non-hydrogen) atoms. The zero-order chi connectivity index (χ0) is 20.5. The minimum absolute atomic E-state index is 0.0304. The first-order valence-electron chi connectivity index (χ1n) is 8.36. The molecule has 2 N–H and O–H groups in total. The Morgan fingerprint density at radius 2 is 1.82 bits per heavy atom. The Morgan fingerprint density at radius 3 is 2.50 bits per heavy atom. The van der Waals surface area contributed by atoms with Crippen LogP contribution in [-0.2, 0) is 10.0 Å². The lowest BCUT2D eigenvalue weighted by Gasteiger charge is -2.30. The Balaban J connectivity index is 1.81. The van der Waals surface area contributed by atoms with E-state index in [2.05, 4.69) is 5.32 Å². The molecule has 10 heteroatoms. The molecule has 1 aliphatic heterocycles. The molecule has 2 aromatic carbocycles. The predicted molar refractivity (Wildman–Crippen MR) is 100 cm³/mol. The van der Waals surface area contributed by atoms with Crippen molar-refractivity contribution in [2.75, 3.05) is 18.4 Å². The van der Waals surface area contributed by atoms with Crippen LogP contribution in [0.1, 0.15) is 23.2 Å². The number of aromatic hydroxyl groups is 1. The molecule has 1 fully saturated rings. The van der Waals surface area contributed by atoms with Gasteiger partial charge in [0.2, 0.25) is 10.0 Å². The minimum atomic E-state index is -4.01. The van der Waals surface area contributed by atoms with Crippen LogP contribution in [0.2, 0.25) is 5.02 Å². The van der Waals surface area contributed by atoms with Gasteiger partial charge >= 0.3 is 0 Å². The minimum Gasteiger partial charge on any atom is -0.506 e. The molecular formula is C18H17ClF2N2O4S. The number of hydrogen-bond acceptors (Lipinski definition) is 4. The molecular weight excluding hydrogens is 414 g/mol. The second kappa shape index (κ2) is 7.65. The zero-order valence-electron chi connectivity index (χ0n) is 14.5. The SMILES string of the molecule is O=C(Nc1cc(Cl)ccc1O)c1cccc(S(=O)(=O)N2CCC(F)(F)CC2)c1. The summed E-state index contributed by atoms with van der Waals surface area (Å²) in [5.74, 6) is -3.72. The van der Waals surface area contributed by atoms with Crippen LogP contribution >= 0.6 is 11.6 Å². The normalized spacial score (nSPS) is 17.2. The summed E-state index contributed by atoms with van der Waals surface area (Å²) >= 11 is 5.84. The highest BCUT2D eigenvalue weighted by Gasteiger charge is 2.38. The molecule has 150 valence electrons. The van der Waals surface area contributed by atoms with Gasteiger partial charge in [-0.3, -0.25) is 4.79 Å². The molecule has 1 saturated heterocycles. The standard InChI is InChI=1S/C18H17ClF2N2O4S/c19-13-4-5-16(24)15(11-13)22-17(25)12-2-1-3-14(10-12)28(26,27)23-8-6-18(20,21)7-9-23/h1-5,10-11,24H,6-9H2,(H,22,25). The molecule has 0 unspecified atom stereocenters. The van der Waals surface area contributed by atoms with Crippen LogP contribution in [-0.4, -0.2) is 42.7 Å². The van der Waals surface area contributed by atoms with Crippen molar-refractivity contribution in [3.05, 3.63) is 53.1 Å². The van der Waals surface area contributed by atoms with Crippen molar-refractivity contribution >= 4 is 33.2 Å². The summed E-state index contributed by atoms with van der Waals surface area (Å²) < 4.78 is 53.0. The van der Waals surface area contributed by atoms with Gasteiger partial charge in [-0.25, -0.2) is 17.2 Å². The topological polar surface area (TPSA) is 86.7 Å². The van der Waals surface area contributed by atoms with E-state index in [-0.39, 0.29) is 35.0 Å². The van der Waals surface area contributed by atoms with Crippen molar-refractivity contribution in [2.45, 2.75) is 23.7 Å². The second-order valence-electron chi connectivity index (χ2n) is 6.40. The number of rotatable bonds is 4. The molecule has 0 saturated carbocycles. The molecule has 0 spiro atoms. The molecule has 0 bridgehead atoms. The summed E-state index contributed by atoms with van der Waals surface area (Å²) in [6.07, 6.45) is -1.08. The number of hydrogen-bond donors (Lipinski definition) is 2. The smallest absolute Gasteiger partial charge is 0.255 e. The lowest BCUT2D eigenvalue weighted by Crippen LogP contribution is -2.42. The summed E-state index contributed by atoms with van der Waals surface area (Å²) in [7, 11) is -4.01. The highest BCUT2D eigenvalue weighted by Crippen LogP contribution is 2.31. The fourth-order valence-electron chi connectivity index (χ4n) is 2.80. The van der Waals surface area contributed by atoms with Gasteiger partial charge in [0.25, 0.3) is 11.8 Å². The van der Waals surface area contributed by atoms with Crippen LogP contribution in [0.4, 0.5) is 14.5 Å². The largest absolute Gasteiger partial charge is 0.506 e. The third-order valence-corrected chi connectivity index (χ3v) is 6.52. The van der Waals surface area contributed by atoms with Crippen LogP contribution in [0.25, 0.3) is 0 Å². The zero-order valence-corrected chi connectivity index (χ0v) is 16.1. The molecule has 0 radical (unpaired) electrons. The summed E-state index contributed by atoms with van der Waals surface area (Å²) in [6.45, 7) is -0.579. The van der Waals surface area contributed by atoms with Crippen LogP contribution < -0.4 is 5.32 Å². The van der Waals surface area contributed by atoms with E-state index in [9.17, 15) is 27.1 Å². The van der Waals surface area contributed by atoms with E-state index in [0.29, 0.717) is 5.02 Å². The number of carbonyl (C=O) groups excluding carboxylic acids is 1. The lowest BCUT2D eigenvalue weighted by molar-refractivity contribution is -0.0412. The average Bonchev–Trinajstić information content (AvgIpc) is 2.64. The van der Waals surface area contributed by atoms with Gasteiger partial charge in [0.1, 0.15) is 5.75 Å². The maximum Gasteiger partial charge on any atom is 0.255 e. The number of sulfonamides is 1. The lowest BCUT2D eigenvalue weighted by atomic mass is 10.1. The van der Waals surface area contributed by atoms with Crippen LogP contribution in [0, 0.1) is 0 Å². The monoisotopic (exact) mass is 430 g/mol. The van der Waals surface area contributed by atoms with E-state index < -0.39 is 34.7 Å². The van der Waals surface area contributed by atoms with Crippen molar-refractivity contribution in [1.29, 1.82) is 0 Å². The van der Waals surface area contributed by atoms with Gasteiger partial charge in [-0.2, -0.15) is 4.31 Å². The number of piperidine rings is 1. The van der Waals surface area contributed by atoms with Crippen molar-refractivity contribution < 1.29 is 27.1 Å². The van der Waals surface area contributed by atoms with Gasteiger partial charge in [0, 0.05) is 36.5 Å². The number of alkyl halides is 2. The maximum absolute atomic E-state index is 13.3. The highest BCUT2D eigenvalue weighted by atomic mass is 35.5. The van der Waals surface area contributed by atoms with Crippen LogP contribution in [0.5, 0.6) is 5.75 Å². The molecule has 0 aromatic heterocycles. The van der Waals surface area contributed by atoms with Crippen molar-refractivity contribution in [2.24, 2.45) is 0 Å². The van der Waals surface area contributed by atoms with E-state index in [1.165, 1.54) is 42.5 Å². The van der Waals surface area contributed by atoms with Crippen molar-refractivity contribution in [1.82, 2.24) is 4.31 Å². The third kappa shape index (κ3) is 4.43. The maximum atomic E-state index is 13.3. The number of nitrogens with zero attached hydrogens (tertiary/aromatic N) is 1. The van der Waals surface area contributed by atoms with Crippen LogP contribution in [0.3, 0.4) is 0 Å². The van der Waals surface area contributed by atoms with Gasteiger partial charge in [0.05, 0.1) is 10.6 Å². The third-order valence-electron chi connectivity index (χ3n) is 4.39. The van der Waals surface area contributed by atoms with Gasteiger partial charge in [-0.15, -0.1) is 0 Å². The van der Waals surface area contributed by atoms with E-state index in [1.807, 2.05) is 0 Å². The summed E-state index contributed by atoms with van der Waals surface area (Å²) in [5.41, 5.74) is 0.104. The molecule has 6 nitrogen and oxygen atoms in total. The fraction of sp³-hybridized carbons (Fsp3) is 0.278. The predicted octanol–water partition coefficient (Wildman–Crippen LogP) is 3.72. The number of halogens is 3. The first kappa shape index (κ1) is 20.5. The Morgan fingerprint density at radius 1 is 1.14 bits per heavy atom. The van der Waals surface area contributed by atoms with E-state index in [0.717, 1.165) is 4.31 Å². The van der Waals surface area contributed by atoms with Gasteiger partial charge in [-0.05, 0) is 36.4 Å². The quantitative estimate of drug-likeness (QED) is 0.724. The summed E-state index contributed by atoms with van der Waals surface area (Å²) in [4.78, 5) is 12.3. The van der Waals surface area contributed by atoms with Gasteiger partial charge in [0.15, 0.2) is 0 Å². The summed E-state index contributed by atoms with van der Waals surface area (Å²) in [6, 6.07) is 9.36. The molecule has 1 heterocycles. The molecule has 3 rings (SSSR count). The fourth-order valence-corrected chi connectivity index (χ4v) is 4.46. The first-order chi connectivity index (χ1) is 13.1. The number of benzene rings is 2. The Hall–Kier alpha value is -2.23. The van der Waals surface area contributed by atoms with Crippen LogP contribution in [0.15, 0.2) is 47.4 Å². The average molecular weight is 431 g/mol. The number of carbonyl (C=O) groups is 1. The number of anilines is 1. The summed E-state index contributed by atoms with van der Waals surface area (Å²) in [5, 5.41) is 12.5. The molecule has 1 amide bonds. The van der Waals surface area contributed by atoms with E-state index in [4.69, 9.17) is 11.6 Å². The molecule has 2 aromatic rings. The van der Waals surface area contributed by atoms with Crippen molar-refractivity contribution in [3.63, 3.8) is 0 Å². The number of nitrogens with one attached hydrogen (secondary N) is 1. The first-order valence-corrected chi connectivity index (χ1v) is 10.2. The van der Waals surface area contributed by atoms with Gasteiger partial charge < -0.3 is 10.4 Å². The van der Waals surface area contributed by atoms with E-state index >= 15 is 0 Å². The Kier molecular flexibility index (Phi) is 5.60. The van der Waals surface area contributed by atoms with Crippen molar-refractivity contribution in [3.8, 4) is 5.75 Å². The van der Waals surface area contributed by atoms with E-state index in [1.54, 1.807) is 0 Å². The van der Waals surface area contributed by atoms with Gasteiger partial charge in [-0.1, -0.05) is 17.7 Å². The Labute approximate surface area is 165 Å². The number of amides is 1. The Bertz CT molecular complexity index is 1000.